The van der Waals surface area contributed by atoms with Crippen molar-refractivity contribution in [2.24, 2.45) is 0 Å². The standard InChI is InChI=1S/C19H19N3O5S/c1-13-5-3-4-6-16(13)18-21-17(27-22-18)11-20-28(24,25)12-14-7-9-15(10-8-14)19(23)26-2/h3-10,20H,11-12H2,1-2H3. The molecular formula is C19H19N3O5S. The minimum absolute atomic E-state index is 0.110. The number of carbonyl (C=O) groups excluding carboxylic acids is 1. The van der Waals surface area contributed by atoms with Crippen LogP contribution in [0.2, 0.25) is 0 Å². The Balaban J connectivity index is 1.62. The van der Waals surface area contributed by atoms with E-state index in [1.807, 2.05) is 31.2 Å². The molecule has 0 unspecified atom stereocenters. The normalized spacial score (nSPS) is 11.4. The number of ether oxygens (including phenoxy) is 1. The van der Waals surface area contributed by atoms with Gasteiger partial charge in [-0.1, -0.05) is 41.6 Å². The van der Waals surface area contributed by atoms with Gasteiger partial charge in [-0.3, -0.25) is 0 Å². The number of aromatic nitrogens is 2. The molecule has 0 bridgehead atoms. The smallest absolute Gasteiger partial charge is 0.337 e. The van der Waals surface area contributed by atoms with E-state index < -0.39 is 16.0 Å². The van der Waals surface area contributed by atoms with E-state index in [1.54, 1.807) is 12.1 Å². The third-order valence-electron chi connectivity index (χ3n) is 4.03. The monoisotopic (exact) mass is 401 g/mol. The van der Waals surface area contributed by atoms with Crippen LogP contribution in [0.5, 0.6) is 0 Å². The van der Waals surface area contributed by atoms with E-state index in [9.17, 15) is 13.2 Å². The molecule has 8 nitrogen and oxygen atoms in total. The molecule has 0 saturated heterocycles. The number of nitrogens with one attached hydrogen (secondary N) is 1. The van der Waals surface area contributed by atoms with Crippen molar-refractivity contribution in [3.05, 3.63) is 71.1 Å². The molecule has 0 fully saturated rings. The van der Waals surface area contributed by atoms with Crippen molar-refractivity contribution in [3.63, 3.8) is 0 Å². The van der Waals surface area contributed by atoms with Crippen LogP contribution in [0.4, 0.5) is 0 Å². The highest BCUT2D eigenvalue weighted by Crippen LogP contribution is 2.19. The number of carbonyl (C=O) groups is 1. The second kappa shape index (κ2) is 8.32. The Morgan fingerprint density at radius 2 is 1.86 bits per heavy atom. The largest absolute Gasteiger partial charge is 0.465 e. The zero-order valence-corrected chi connectivity index (χ0v) is 16.2. The lowest BCUT2D eigenvalue weighted by molar-refractivity contribution is 0.0600. The number of nitrogens with zero attached hydrogens (tertiary/aromatic N) is 2. The van der Waals surface area contributed by atoms with E-state index in [2.05, 4.69) is 19.6 Å². The zero-order valence-electron chi connectivity index (χ0n) is 15.4. The lowest BCUT2D eigenvalue weighted by atomic mass is 10.1. The summed E-state index contributed by atoms with van der Waals surface area (Å²) in [5.74, 6) is -0.144. The predicted molar refractivity (Wildman–Crippen MR) is 102 cm³/mol. The predicted octanol–water partition coefficient (Wildman–Crippen LogP) is 2.45. The van der Waals surface area contributed by atoms with Gasteiger partial charge in [-0.2, -0.15) is 4.98 Å². The molecule has 0 aliphatic rings. The summed E-state index contributed by atoms with van der Waals surface area (Å²) < 4.78 is 36.8. The second-order valence-corrected chi connectivity index (χ2v) is 7.90. The number of aryl methyl sites for hydroxylation is 1. The highest BCUT2D eigenvalue weighted by molar-refractivity contribution is 7.88. The highest BCUT2D eigenvalue weighted by atomic mass is 32.2. The Labute approximate surface area is 162 Å². The van der Waals surface area contributed by atoms with Gasteiger partial charge in [0.15, 0.2) is 0 Å². The first-order valence-corrected chi connectivity index (χ1v) is 10.1. The van der Waals surface area contributed by atoms with Crippen LogP contribution in [-0.2, 0) is 27.1 Å². The third kappa shape index (κ3) is 4.81. The first-order chi connectivity index (χ1) is 13.4. The molecule has 146 valence electrons. The summed E-state index contributed by atoms with van der Waals surface area (Å²) in [6.07, 6.45) is 0. The van der Waals surface area contributed by atoms with E-state index in [0.29, 0.717) is 17.0 Å². The molecule has 1 aromatic heterocycles. The molecule has 9 heteroatoms. The Hall–Kier alpha value is -3.04. The molecule has 28 heavy (non-hydrogen) atoms. The molecule has 0 radical (unpaired) electrons. The number of sulfonamides is 1. The van der Waals surface area contributed by atoms with E-state index >= 15 is 0 Å². The van der Waals surface area contributed by atoms with Crippen molar-refractivity contribution in [1.29, 1.82) is 0 Å². The third-order valence-corrected chi connectivity index (χ3v) is 5.33. The van der Waals surface area contributed by atoms with Gasteiger partial charge in [0, 0.05) is 5.56 Å². The summed E-state index contributed by atoms with van der Waals surface area (Å²) >= 11 is 0. The van der Waals surface area contributed by atoms with Gasteiger partial charge < -0.3 is 9.26 Å². The maximum atomic E-state index is 12.3. The second-order valence-electron chi connectivity index (χ2n) is 6.10. The summed E-state index contributed by atoms with van der Waals surface area (Å²) in [6.45, 7) is 1.82. The SMILES string of the molecule is COC(=O)c1ccc(CS(=O)(=O)NCc2nc(-c3ccccc3C)no2)cc1. The van der Waals surface area contributed by atoms with Gasteiger partial charge in [-0.25, -0.2) is 17.9 Å². The zero-order chi connectivity index (χ0) is 20.1. The Morgan fingerprint density at radius 3 is 2.54 bits per heavy atom. The van der Waals surface area contributed by atoms with Gasteiger partial charge in [-0.15, -0.1) is 0 Å². The molecule has 0 amide bonds. The molecule has 0 spiro atoms. The van der Waals surface area contributed by atoms with Gasteiger partial charge in [0.25, 0.3) is 0 Å². The summed E-state index contributed by atoms with van der Waals surface area (Å²) in [7, 11) is -2.34. The fourth-order valence-electron chi connectivity index (χ4n) is 2.56. The number of hydrogen-bond donors (Lipinski definition) is 1. The highest BCUT2D eigenvalue weighted by Gasteiger charge is 2.16. The molecule has 1 heterocycles. The van der Waals surface area contributed by atoms with E-state index in [-0.39, 0.29) is 18.2 Å². The van der Waals surface area contributed by atoms with Crippen LogP contribution < -0.4 is 4.72 Å². The number of hydrogen-bond acceptors (Lipinski definition) is 7. The first kappa shape index (κ1) is 19.7. The molecule has 0 saturated carbocycles. The Bertz CT molecular complexity index is 1070. The quantitative estimate of drug-likeness (QED) is 0.605. The average molecular weight is 401 g/mol. The molecule has 0 aliphatic heterocycles. The van der Waals surface area contributed by atoms with Gasteiger partial charge in [0.05, 0.1) is 25.0 Å². The van der Waals surface area contributed by atoms with Crippen LogP contribution in [-0.4, -0.2) is 31.6 Å². The number of methoxy groups -OCH3 is 1. The lowest BCUT2D eigenvalue weighted by Crippen LogP contribution is -2.24. The van der Waals surface area contributed by atoms with Crippen LogP contribution in [0, 0.1) is 6.92 Å². The average Bonchev–Trinajstić information content (AvgIpc) is 3.15. The minimum atomic E-state index is -3.63. The summed E-state index contributed by atoms with van der Waals surface area (Å²) in [5.41, 5.74) is 2.70. The van der Waals surface area contributed by atoms with Crippen LogP contribution in [0.3, 0.4) is 0 Å². The summed E-state index contributed by atoms with van der Waals surface area (Å²) in [4.78, 5) is 15.7. The van der Waals surface area contributed by atoms with E-state index in [0.717, 1.165) is 11.1 Å². The van der Waals surface area contributed by atoms with Crippen LogP contribution in [0.15, 0.2) is 53.1 Å². The van der Waals surface area contributed by atoms with Crippen molar-refractivity contribution in [2.45, 2.75) is 19.2 Å². The first-order valence-electron chi connectivity index (χ1n) is 8.41. The molecule has 0 aliphatic carbocycles. The fourth-order valence-corrected chi connectivity index (χ4v) is 3.63. The fraction of sp³-hybridized carbons (Fsp3) is 0.211. The maximum Gasteiger partial charge on any atom is 0.337 e. The van der Waals surface area contributed by atoms with Crippen molar-refractivity contribution in [3.8, 4) is 11.4 Å². The Morgan fingerprint density at radius 1 is 1.14 bits per heavy atom. The van der Waals surface area contributed by atoms with Crippen LogP contribution in [0.25, 0.3) is 11.4 Å². The molecular weight excluding hydrogens is 382 g/mol. The van der Waals surface area contributed by atoms with Gasteiger partial charge in [0.1, 0.15) is 0 Å². The van der Waals surface area contributed by atoms with Crippen molar-refractivity contribution in [1.82, 2.24) is 14.9 Å². The van der Waals surface area contributed by atoms with Crippen LogP contribution >= 0.6 is 0 Å². The Kier molecular flexibility index (Phi) is 5.86. The maximum absolute atomic E-state index is 12.3. The number of rotatable bonds is 7. The van der Waals surface area contributed by atoms with Crippen LogP contribution in [0.1, 0.15) is 27.4 Å². The molecule has 2 aromatic carbocycles. The van der Waals surface area contributed by atoms with E-state index in [4.69, 9.17) is 4.52 Å². The van der Waals surface area contributed by atoms with Crippen molar-refractivity contribution in [2.75, 3.05) is 7.11 Å². The molecule has 3 rings (SSSR count). The van der Waals surface area contributed by atoms with Gasteiger partial charge >= 0.3 is 5.97 Å². The molecule has 0 atom stereocenters. The van der Waals surface area contributed by atoms with Crippen molar-refractivity contribution >= 4 is 16.0 Å². The lowest BCUT2D eigenvalue weighted by Gasteiger charge is -2.05. The number of esters is 1. The summed E-state index contributed by atoms with van der Waals surface area (Å²) in [6, 6.07) is 13.7. The minimum Gasteiger partial charge on any atom is -0.465 e. The molecule has 1 N–H and O–H groups in total. The van der Waals surface area contributed by atoms with E-state index in [1.165, 1.54) is 19.2 Å². The van der Waals surface area contributed by atoms with Crippen molar-refractivity contribution < 1.29 is 22.5 Å². The van der Waals surface area contributed by atoms with Gasteiger partial charge in [0.2, 0.25) is 21.7 Å². The number of benzene rings is 2. The topological polar surface area (TPSA) is 111 Å². The summed E-state index contributed by atoms with van der Waals surface area (Å²) in [5, 5.41) is 3.90. The van der Waals surface area contributed by atoms with Gasteiger partial charge in [-0.05, 0) is 30.2 Å². The molecule has 3 aromatic rings.